The maximum atomic E-state index is 12.7. The number of carbonyl (C=O) groups excluding carboxylic acids is 2. The van der Waals surface area contributed by atoms with E-state index in [0.717, 1.165) is 12.0 Å². The van der Waals surface area contributed by atoms with Crippen LogP contribution in [0.5, 0.6) is 0 Å². The van der Waals surface area contributed by atoms with Crippen molar-refractivity contribution in [1.29, 1.82) is 0 Å². The summed E-state index contributed by atoms with van der Waals surface area (Å²) in [5, 5.41) is 2.88. The van der Waals surface area contributed by atoms with Gasteiger partial charge in [0.1, 0.15) is 0 Å². The van der Waals surface area contributed by atoms with Crippen molar-refractivity contribution in [3.63, 3.8) is 0 Å². The Bertz CT molecular complexity index is 724. The molecule has 0 aliphatic heterocycles. The second-order valence-electron chi connectivity index (χ2n) is 7.17. The van der Waals surface area contributed by atoms with Crippen molar-refractivity contribution >= 4 is 11.9 Å². The number of ether oxygens (including phenoxy) is 1. The van der Waals surface area contributed by atoms with E-state index >= 15 is 0 Å². The number of hydrogen-bond acceptors (Lipinski definition) is 3. The molecule has 1 fully saturated rings. The van der Waals surface area contributed by atoms with Gasteiger partial charge in [-0.05, 0) is 17.9 Å². The SMILES string of the molecule is O=C(CCC1CCCC1)O[C@@H](C(=O)NCc1ccccc1)c1ccccc1. The van der Waals surface area contributed by atoms with E-state index in [2.05, 4.69) is 5.32 Å². The van der Waals surface area contributed by atoms with E-state index in [1.807, 2.05) is 60.7 Å². The molecular formula is C23H27NO3. The second-order valence-corrected chi connectivity index (χ2v) is 7.17. The van der Waals surface area contributed by atoms with E-state index < -0.39 is 6.10 Å². The summed E-state index contributed by atoms with van der Waals surface area (Å²) in [6.45, 7) is 0.405. The van der Waals surface area contributed by atoms with Gasteiger partial charge in [-0.3, -0.25) is 9.59 Å². The number of hydrogen-bond donors (Lipinski definition) is 1. The average molecular weight is 365 g/mol. The predicted octanol–water partition coefficient (Wildman–Crippen LogP) is 4.56. The Morgan fingerprint density at radius 1 is 0.963 bits per heavy atom. The maximum absolute atomic E-state index is 12.7. The largest absolute Gasteiger partial charge is 0.447 e. The zero-order valence-electron chi connectivity index (χ0n) is 15.6. The Kier molecular flexibility index (Phi) is 7.03. The van der Waals surface area contributed by atoms with Gasteiger partial charge in [0.25, 0.3) is 5.91 Å². The molecule has 142 valence electrons. The second kappa shape index (κ2) is 9.91. The van der Waals surface area contributed by atoms with Crippen LogP contribution in [0.15, 0.2) is 60.7 Å². The van der Waals surface area contributed by atoms with E-state index in [-0.39, 0.29) is 11.9 Å². The van der Waals surface area contributed by atoms with Crippen LogP contribution in [0, 0.1) is 5.92 Å². The number of esters is 1. The Morgan fingerprint density at radius 3 is 2.26 bits per heavy atom. The van der Waals surface area contributed by atoms with Gasteiger partial charge < -0.3 is 10.1 Å². The molecule has 0 heterocycles. The first kappa shape index (κ1) is 19.2. The molecule has 2 aromatic rings. The van der Waals surface area contributed by atoms with Crippen molar-refractivity contribution < 1.29 is 14.3 Å². The number of amides is 1. The van der Waals surface area contributed by atoms with Gasteiger partial charge in [-0.1, -0.05) is 86.3 Å². The van der Waals surface area contributed by atoms with Gasteiger partial charge in [0.05, 0.1) is 0 Å². The van der Waals surface area contributed by atoms with Crippen LogP contribution in [-0.4, -0.2) is 11.9 Å². The van der Waals surface area contributed by atoms with Crippen molar-refractivity contribution in [2.24, 2.45) is 5.92 Å². The van der Waals surface area contributed by atoms with Crippen LogP contribution in [0.3, 0.4) is 0 Å². The van der Waals surface area contributed by atoms with Crippen molar-refractivity contribution in [3.05, 3.63) is 71.8 Å². The molecular weight excluding hydrogens is 338 g/mol. The van der Waals surface area contributed by atoms with E-state index in [4.69, 9.17) is 4.74 Å². The smallest absolute Gasteiger partial charge is 0.306 e. The Labute approximate surface area is 160 Å². The quantitative estimate of drug-likeness (QED) is 0.698. The Hall–Kier alpha value is -2.62. The summed E-state index contributed by atoms with van der Waals surface area (Å²) in [7, 11) is 0. The molecule has 0 spiro atoms. The van der Waals surface area contributed by atoms with Gasteiger partial charge in [-0.15, -0.1) is 0 Å². The Balaban J connectivity index is 1.59. The lowest BCUT2D eigenvalue weighted by Gasteiger charge is -2.18. The zero-order valence-corrected chi connectivity index (χ0v) is 15.6. The number of nitrogens with one attached hydrogen (secondary N) is 1. The van der Waals surface area contributed by atoms with Gasteiger partial charge in [-0.2, -0.15) is 0 Å². The monoisotopic (exact) mass is 365 g/mol. The minimum Gasteiger partial charge on any atom is -0.447 e. The van der Waals surface area contributed by atoms with Gasteiger partial charge in [0.2, 0.25) is 6.10 Å². The molecule has 3 rings (SSSR count). The van der Waals surface area contributed by atoms with Crippen molar-refractivity contribution in [1.82, 2.24) is 5.32 Å². The van der Waals surface area contributed by atoms with Crippen LogP contribution in [-0.2, 0) is 20.9 Å². The van der Waals surface area contributed by atoms with Crippen molar-refractivity contribution in [2.75, 3.05) is 0 Å². The molecule has 4 nitrogen and oxygen atoms in total. The van der Waals surface area contributed by atoms with Crippen LogP contribution in [0.4, 0.5) is 0 Å². The van der Waals surface area contributed by atoms with Gasteiger partial charge in [-0.25, -0.2) is 0 Å². The molecule has 1 aliphatic rings. The highest BCUT2D eigenvalue weighted by molar-refractivity contribution is 5.85. The van der Waals surface area contributed by atoms with Crippen LogP contribution >= 0.6 is 0 Å². The summed E-state index contributed by atoms with van der Waals surface area (Å²) in [5.74, 6) is 0.0320. The van der Waals surface area contributed by atoms with Gasteiger partial charge in [0.15, 0.2) is 0 Å². The summed E-state index contributed by atoms with van der Waals surface area (Å²) >= 11 is 0. The molecule has 0 bridgehead atoms. The average Bonchev–Trinajstić information content (AvgIpc) is 3.24. The van der Waals surface area contributed by atoms with Crippen LogP contribution in [0.1, 0.15) is 55.8 Å². The minimum atomic E-state index is -0.911. The summed E-state index contributed by atoms with van der Waals surface area (Å²) in [5.41, 5.74) is 1.70. The van der Waals surface area contributed by atoms with Crippen molar-refractivity contribution in [3.8, 4) is 0 Å². The standard InChI is InChI=1S/C23H27NO3/c25-21(16-15-18-9-7-8-10-18)27-22(20-13-5-2-6-14-20)23(26)24-17-19-11-3-1-4-12-19/h1-6,11-14,18,22H,7-10,15-17H2,(H,24,26)/t22-/m1/s1. The summed E-state index contributed by atoms with van der Waals surface area (Å²) in [6.07, 6.45) is 5.24. The molecule has 1 saturated carbocycles. The minimum absolute atomic E-state index is 0.292. The normalized spacial score (nSPS) is 15.3. The number of benzene rings is 2. The maximum Gasteiger partial charge on any atom is 0.306 e. The van der Waals surface area contributed by atoms with E-state index in [9.17, 15) is 9.59 Å². The highest BCUT2D eigenvalue weighted by Gasteiger charge is 2.25. The lowest BCUT2D eigenvalue weighted by atomic mass is 10.0. The van der Waals surface area contributed by atoms with Gasteiger partial charge in [0, 0.05) is 18.5 Å². The summed E-state index contributed by atoms with van der Waals surface area (Å²) in [6, 6.07) is 18.9. The molecule has 0 aromatic heterocycles. The first-order valence-electron chi connectivity index (χ1n) is 9.78. The molecule has 1 aliphatic carbocycles. The van der Waals surface area contributed by atoms with Crippen LogP contribution < -0.4 is 5.32 Å². The molecule has 0 radical (unpaired) electrons. The lowest BCUT2D eigenvalue weighted by Crippen LogP contribution is -2.31. The molecule has 0 unspecified atom stereocenters. The number of rotatable bonds is 8. The van der Waals surface area contributed by atoms with E-state index in [0.29, 0.717) is 24.4 Å². The van der Waals surface area contributed by atoms with E-state index in [1.165, 1.54) is 25.7 Å². The number of carbonyl (C=O) groups is 2. The third kappa shape index (κ3) is 5.95. The molecule has 1 atom stereocenters. The molecule has 1 amide bonds. The third-order valence-electron chi connectivity index (χ3n) is 5.13. The summed E-state index contributed by atoms with van der Waals surface area (Å²) in [4.78, 5) is 25.1. The van der Waals surface area contributed by atoms with Crippen LogP contribution in [0.25, 0.3) is 0 Å². The first-order valence-corrected chi connectivity index (χ1v) is 9.78. The topological polar surface area (TPSA) is 55.4 Å². The zero-order chi connectivity index (χ0) is 18.9. The molecule has 4 heteroatoms. The highest BCUT2D eigenvalue weighted by Crippen LogP contribution is 2.29. The fourth-order valence-corrected chi connectivity index (χ4v) is 3.59. The third-order valence-corrected chi connectivity index (χ3v) is 5.13. The fourth-order valence-electron chi connectivity index (χ4n) is 3.59. The van der Waals surface area contributed by atoms with Gasteiger partial charge >= 0.3 is 5.97 Å². The van der Waals surface area contributed by atoms with E-state index in [1.54, 1.807) is 0 Å². The molecule has 0 saturated heterocycles. The van der Waals surface area contributed by atoms with Crippen LogP contribution in [0.2, 0.25) is 0 Å². The lowest BCUT2D eigenvalue weighted by molar-refractivity contribution is -0.156. The Morgan fingerprint density at radius 2 is 1.59 bits per heavy atom. The van der Waals surface area contributed by atoms with Crippen molar-refractivity contribution in [2.45, 2.75) is 51.2 Å². The fraction of sp³-hybridized carbons (Fsp3) is 0.391. The summed E-state index contributed by atoms with van der Waals surface area (Å²) < 4.78 is 5.60. The predicted molar refractivity (Wildman–Crippen MR) is 105 cm³/mol. The molecule has 27 heavy (non-hydrogen) atoms. The molecule has 2 aromatic carbocycles. The first-order chi connectivity index (χ1) is 13.2. The highest BCUT2D eigenvalue weighted by atomic mass is 16.5. The molecule has 1 N–H and O–H groups in total.